The fourth-order valence-corrected chi connectivity index (χ4v) is 3.60. The summed E-state index contributed by atoms with van der Waals surface area (Å²) in [6.45, 7) is 2.21. The van der Waals surface area contributed by atoms with Gasteiger partial charge in [0.25, 0.3) is 0 Å². The van der Waals surface area contributed by atoms with E-state index in [0.717, 1.165) is 6.42 Å². The summed E-state index contributed by atoms with van der Waals surface area (Å²) in [6.07, 6.45) is 9.78. The highest BCUT2D eigenvalue weighted by molar-refractivity contribution is 7.17. The Morgan fingerprint density at radius 1 is 1.40 bits per heavy atom. The normalized spacial score (nSPS) is 15.8. The first-order valence-electron chi connectivity index (χ1n) is 5.87. The summed E-state index contributed by atoms with van der Waals surface area (Å²) < 4.78 is 2.34. The lowest BCUT2D eigenvalue weighted by molar-refractivity contribution is 0.674. The van der Waals surface area contributed by atoms with Crippen LogP contribution < -0.4 is 0 Å². The second kappa shape index (κ2) is 3.63. The molecule has 3 heteroatoms. The SMILES string of the molecule is CCCc1cn2c3c(sc2n1)CCCC3. The predicted octanol–water partition coefficient (Wildman–Crippen LogP) is 3.23. The Labute approximate surface area is 94.0 Å². The van der Waals surface area contributed by atoms with Gasteiger partial charge in [-0.3, -0.25) is 4.40 Å². The van der Waals surface area contributed by atoms with Gasteiger partial charge in [0.15, 0.2) is 4.96 Å². The Balaban J connectivity index is 2.09. The van der Waals surface area contributed by atoms with E-state index in [1.165, 1.54) is 48.5 Å². The molecular weight excluding hydrogens is 204 g/mol. The summed E-state index contributed by atoms with van der Waals surface area (Å²) in [5.74, 6) is 0. The fourth-order valence-electron chi connectivity index (χ4n) is 2.39. The molecule has 1 aliphatic rings. The van der Waals surface area contributed by atoms with Crippen molar-refractivity contribution in [1.82, 2.24) is 9.38 Å². The molecule has 80 valence electrons. The molecule has 1 aliphatic carbocycles. The zero-order valence-corrected chi connectivity index (χ0v) is 9.94. The van der Waals surface area contributed by atoms with Gasteiger partial charge in [-0.15, -0.1) is 11.3 Å². The van der Waals surface area contributed by atoms with Crippen LogP contribution in [0.25, 0.3) is 4.96 Å². The predicted molar refractivity (Wildman–Crippen MR) is 63.7 cm³/mol. The van der Waals surface area contributed by atoms with E-state index in [0.29, 0.717) is 0 Å². The molecule has 3 rings (SSSR count). The lowest BCUT2D eigenvalue weighted by atomic mass is 10.0. The summed E-state index contributed by atoms with van der Waals surface area (Å²) in [4.78, 5) is 7.48. The van der Waals surface area contributed by atoms with Gasteiger partial charge in [-0.2, -0.15) is 0 Å². The van der Waals surface area contributed by atoms with Crippen LogP contribution >= 0.6 is 11.3 Å². The molecule has 0 aliphatic heterocycles. The van der Waals surface area contributed by atoms with Crippen molar-refractivity contribution in [2.24, 2.45) is 0 Å². The van der Waals surface area contributed by atoms with Gasteiger partial charge in [0.1, 0.15) is 0 Å². The van der Waals surface area contributed by atoms with Crippen LogP contribution in [0.1, 0.15) is 42.5 Å². The molecule has 0 unspecified atom stereocenters. The highest BCUT2D eigenvalue weighted by Crippen LogP contribution is 2.30. The van der Waals surface area contributed by atoms with Crippen molar-refractivity contribution in [3.8, 4) is 0 Å². The third-order valence-electron chi connectivity index (χ3n) is 3.12. The minimum absolute atomic E-state index is 1.11. The van der Waals surface area contributed by atoms with Gasteiger partial charge < -0.3 is 0 Å². The van der Waals surface area contributed by atoms with Crippen molar-refractivity contribution in [3.63, 3.8) is 0 Å². The molecule has 0 bridgehead atoms. The maximum atomic E-state index is 4.69. The van der Waals surface area contributed by atoms with Crippen LogP contribution in [0.15, 0.2) is 6.20 Å². The van der Waals surface area contributed by atoms with E-state index in [4.69, 9.17) is 0 Å². The van der Waals surface area contributed by atoms with E-state index in [2.05, 4.69) is 22.5 Å². The average Bonchev–Trinajstić information content (AvgIpc) is 2.75. The van der Waals surface area contributed by atoms with Crippen molar-refractivity contribution in [2.75, 3.05) is 0 Å². The van der Waals surface area contributed by atoms with Gasteiger partial charge in [0.2, 0.25) is 0 Å². The molecule has 2 nitrogen and oxygen atoms in total. The second-order valence-corrected chi connectivity index (χ2v) is 5.38. The van der Waals surface area contributed by atoms with E-state index in [1.54, 1.807) is 4.88 Å². The van der Waals surface area contributed by atoms with Crippen molar-refractivity contribution in [3.05, 3.63) is 22.5 Å². The molecular formula is C12H16N2S. The molecule has 0 saturated carbocycles. The van der Waals surface area contributed by atoms with Crippen LogP contribution in [0.2, 0.25) is 0 Å². The van der Waals surface area contributed by atoms with E-state index < -0.39 is 0 Å². The van der Waals surface area contributed by atoms with Gasteiger partial charge in [-0.25, -0.2) is 4.98 Å². The number of aromatic nitrogens is 2. The summed E-state index contributed by atoms with van der Waals surface area (Å²) in [5.41, 5.74) is 2.80. The molecule has 2 heterocycles. The third kappa shape index (κ3) is 1.49. The Hall–Kier alpha value is -0.830. The van der Waals surface area contributed by atoms with Crippen LogP contribution in [0.3, 0.4) is 0 Å². The second-order valence-electron chi connectivity index (χ2n) is 4.31. The molecule has 0 amide bonds. The number of hydrogen-bond acceptors (Lipinski definition) is 2. The standard InChI is InChI=1S/C12H16N2S/c1-2-5-9-8-14-10-6-3-4-7-11(10)15-12(14)13-9/h8H,2-7H2,1H3. The Bertz CT molecular complexity index is 481. The summed E-state index contributed by atoms with van der Waals surface area (Å²) in [5, 5.41) is 0. The molecule has 2 aromatic rings. The zero-order chi connectivity index (χ0) is 10.3. The number of hydrogen-bond donors (Lipinski definition) is 0. The Morgan fingerprint density at radius 3 is 3.13 bits per heavy atom. The van der Waals surface area contributed by atoms with Crippen LogP contribution in [-0.4, -0.2) is 9.38 Å². The highest BCUT2D eigenvalue weighted by atomic mass is 32.1. The molecule has 0 spiro atoms. The molecule has 0 N–H and O–H groups in total. The summed E-state index contributed by atoms with van der Waals surface area (Å²) in [6, 6.07) is 0. The summed E-state index contributed by atoms with van der Waals surface area (Å²) >= 11 is 1.90. The molecule has 0 saturated heterocycles. The van der Waals surface area contributed by atoms with Gasteiger partial charge in [0.05, 0.1) is 5.69 Å². The van der Waals surface area contributed by atoms with Gasteiger partial charge in [0, 0.05) is 16.8 Å². The first-order valence-corrected chi connectivity index (χ1v) is 6.68. The van der Waals surface area contributed by atoms with Crippen LogP contribution in [0.4, 0.5) is 0 Å². The number of rotatable bonds is 2. The van der Waals surface area contributed by atoms with Gasteiger partial charge >= 0.3 is 0 Å². The number of thiazole rings is 1. The van der Waals surface area contributed by atoms with Crippen molar-refractivity contribution in [2.45, 2.75) is 45.4 Å². The van der Waals surface area contributed by atoms with Gasteiger partial charge in [-0.05, 0) is 32.1 Å². The molecule has 0 aromatic carbocycles. The third-order valence-corrected chi connectivity index (χ3v) is 4.28. The zero-order valence-electron chi connectivity index (χ0n) is 9.12. The smallest absolute Gasteiger partial charge is 0.194 e. The molecule has 0 fully saturated rings. The quantitative estimate of drug-likeness (QED) is 0.759. The van der Waals surface area contributed by atoms with E-state index in [-0.39, 0.29) is 0 Å². The van der Waals surface area contributed by atoms with E-state index >= 15 is 0 Å². The maximum absolute atomic E-state index is 4.69. The maximum Gasteiger partial charge on any atom is 0.194 e. The number of imidazole rings is 1. The van der Waals surface area contributed by atoms with E-state index in [9.17, 15) is 0 Å². The molecule has 2 aromatic heterocycles. The lowest BCUT2D eigenvalue weighted by Crippen LogP contribution is -2.01. The molecule has 0 radical (unpaired) electrons. The number of nitrogens with zero attached hydrogens (tertiary/aromatic N) is 2. The van der Waals surface area contributed by atoms with Crippen molar-refractivity contribution in [1.29, 1.82) is 0 Å². The average molecular weight is 220 g/mol. The lowest BCUT2D eigenvalue weighted by Gasteiger charge is -2.09. The molecule has 15 heavy (non-hydrogen) atoms. The van der Waals surface area contributed by atoms with Crippen molar-refractivity contribution < 1.29 is 0 Å². The Kier molecular flexibility index (Phi) is 2.28. The monoisotopic (exact) mass is 220 g/mol. The highest BCUT2D eigenvalue weighted by Gasteiger charge is 2.17. The number of fused-ring (bicyclic) bond motifs is 3. The topological polar surface area (TPSA) is 17.3 Å². The molecule has 0 atom stereocenters. The van der Waals surface area contributed by atoms with E-state index in [1.807, 2.05) is 11.3 Å². The van der Waals surface area contributed by atoms with Crippen LogP contribution in [0, 0.1) is 0 Å². The first-order chi connectivity index (χ1) is 7.38. The Morgan fingerprint density at radius 2 is 2.27 bits per heavy atom. The van der Waals surface area contributed by atoms with Crippen LogP contribution in [0.5, 0.6) is 0 Å². The minimum Gasteiger partial charge on any atom is -0.294 e. The fraction of sp³-hybridized carbons (Fsp3) is 0.583. The summed E-state index contributed by atoms with van der Waals surface area (Å²) in [7, 11) is 0. The minimum atomic E-state index is 1.11. The van der Waals surface area contributed by atoms with Crippen molar-refractivity contribution >= 4 is 16.3 Å². The van der Waals surface area contributed by atoms with Gasteiger partial charge in [-0.1, -0.05) is 13.3 Å². The largest absolute Gasteiger partial charge is 0.294 e. The number of aryl methyl sites for hydroxylation is 3. The van der Waals surface area contributed by atoms with Crippen LogP contribution in [-0.2, 0) is 19.3 Å². The first kappa shape index (κ1) is 9.40.